The second kappa shape index (κ2) is 15.6. The number of halogens is 1. The monoisotopic (exact) mass is 804 g/mol. The van der Waals surface area contributed by atoms with Crippen LogP contribution in [0.15, 0.2) is 48.8 Å². The van der Waals surface area contributed by atoms with Crippen molar-refractivity contribution >= 4 is 52.4 Å². The number of anilines is 3. The maximum absolute atomic E-state index is 13.4. The Bertz CT molecular complexity index is 2150. The van der Waals surface area contributed by atoms with Gasteiger partial charge in [-0.05, 0) is 87.3 Å². The number of hydrogen-bond donors (Lipinski definition) is 1. The van der Waals surface area contributed by atoms with Crippen molar-refractivity contribution in [2.75, 3.05) is 73.6 Å². The lowest BCUT2D eigenvalue weighted by Crippen LogP contribution is -2.54. The molecule has 2 atom stereocenters. The molecule has 0 radical (unpaired) electrons. The van der Waals surface area contributed by atoms with Crippen LogP contribution in [-0.4, -0.2) is 125 Å². The van der Waals surface area contributed by atoms with Gasteiger partial charge in [-0.15, -0.1) is 0 Å². The lowest BCUT2D eigenvalue weighted by Gasteiger charge is -2.43. The van der Waals surface area contributed by atoms with Crippen LogP contribution in [0, 0.1) is 16.7 Å². The number of fused-ring (bicyclic) bond motifs is 1. The van der Waals surface area contributed by atoms with Gasteiger partial charge < -0.3 is 14.7 Å². The number of nitrogens with zero attached hydrogens (tertiary/aromatic N) is 9. The molecule has 15 heteroatoms. The summed E-state index contributed by atoms with van der Waals surface area (Å²) in [6.07, 6.45) is 9.53. The minimum atomic E-state index is -0.962. The van der Waals surface area contributed by atoms with Crippen LogP contribution in [0.4, 0.5) is 17.2 Å². The molecule has 0 saturated carbocycles. The SMILES string of the molecule is C[C@H]1CC2(CCN(c3cnc(CN4CCN(C5CCN(c6ccc7c(c6)C(=O)N(C6CCC(=O)NC6=O)C7=O)CC5)CC4)cn3)CC2)CN1c1ccc(C#N)c(Cl)c1. The molecule has 1 spiro atoms. The molecule has 3 aromatic rings. The summed E-state index contributed by atoms with van der Waals surface area (Å²) in [6, 6.07) is 13.3. The number of carbonyl (C=O) groups excluding carboxylic acids is 4. The van der Waals surface area contributed by atoms with Crippen molar-refractivity contribution in [3.63, 3.8) is 0 Å². The summed E-state index contributed by atoms with van der Waals surface area (Å²) in [4.78, 5) is 73.5. The summed E-state index contributed by atoms with van der Waals surface area (Å²) in [5.74, 6) is -0.978. The minimum Gasteiger partial charge on any atom is -0.371 e. The second-order valence-electron chi connectivity index (χ2n) is 17.0. The number of amides is 4. The Morgan fingerprint density at radius 1 is 0.845 bits per heavy atom. The molecule has 5 saturated heterocycles. The first kappa shape index (κ1) is 38.4. The highest BCUT2D eigenvalue weighted by atomic mass is 35.5. The Labute approximate surface area is 343 Å². The highest BCUT2D eigenvalue weighted by Crippen LogP contribution is 2.46. The van der Waals surface area contributed by atoms with Crippen molar-refractivity contribution in [2.45, 2.75) is 76.5 Å². The summed E-state index contributed by atoms with van der Waals surface area (Å²) in [7, 11) is 0. The van der Waals surface area contributed by atoms with Crippen LogP contribution in [0.2, 0.25) is 5.02 Å². The summed E-state index contributed by atoms with van der Waals surface area (Å²) < 4.78 is 0. The molecule has 0 aliphatic carbocycles. The van der Waals surface area contributed by atoms with Crippen molar-refractivity contribution in [3.05, 3.63) is 76.2 Å². The van der Waals surface area contributed by atoms with Crippen molar-refractivity contribution < 1.29 is 19.2 Å². The molecule has 1 unspecified atom stereocenters. The van der Waals surface area contributed by atoms with Gasteiger partial charge in [0.15, 0.2) is 0 Å². The first-order chi connectivity index (χ1) is 28.1. The average molecular weight is 805 g/mol. The molecule has 1 aromatic heterocycles. The number of piperidine rings is 3. The van der Waals surface area contributed by atoms with Crippen LogP contribution in [0.25, 0.3) is 0 Å². The third-order valence-corrected chi connectivity index (χ3v) is 13.9. The normalized spacial score (nSPS) is 24.4. The van der Waals surface area contributed by atoms with Crippen LogP contribution in [0.1, 0.15) is 83.8 Å². The van der Waals surface area contributed by atoms with Crippen LogP contribution in [0.3, 0.4) is 0 Å². The molecule has 0 bridgehead atoms. The number of imide groups is 2. The average Bonchev–Trinajstić information content (AvgIpc) is 3.69. The Hall–Kier alpha value is -5.10. The number of nitrogens with one attached hydrogen (secondary N) is 1. The number of aromatic nitrogens is 2. The van der Waals surface area contributed by atoms with Gasteiger partial charge in [-0.3, -0.25) is 44.2 Å². The second-order valence-corrected chi connectivity index (χ2v) is 17.4. The van der Waals surface area contributed by atoms with Gasteiger partial charge in [-0.1, -0.05) is 11.6 Å². The quantitative estimate of drug-likeness (QED) is 0.343. The molecule has 302 valence electrons. The molecule has 6 aliphatic heterocycles. The van der Waals surface area contributed by atoms with Crippen LogP contribution in [-0.2, 0) is 16.1 Å². The van der Waals surface area contributed by atoms with Gasteiger partial charge in [0.2, 0.25) is 11.8 Å². The minimum absolute atomic E-state index is 0.101. The van der Waals surface area contributed by atoms with Gasteiger partial charge >= 0.3 is 0 Å². The topological polar surface area (TPSA) is 149 Å². The molecular weight excluding hydrogens is 756 g/mol. The van der Waals surface area contributed by atoms with E-state index in [9.17, 15) is 24.4 Å². The molecular formula is C43H49ClN10O4. The molecule has 4 amide bonds. The van der Waals surface area contributed by atoms with E-state index in [-0.39, 0.29) is 24.2 Å². The largest absolute Gasteiger partial charge is 0.371 e. The fourth-order valence-electron chi connectivity index (χ4n) is 10.3. The van der Waals surface area contributed by atoms with E-state index in [1.807, 2.05) is 36.7 Å². The molecule has 6 aliphatic rings. The van der Waals surface area contributed by atoms with E-state index in [1.54, 1.807) is 12.1 Å². The summed E-state index contributed by atoms with van der Waals surface area (Å²) in [6.45, 7) is 11.7. The predicted octanol–water partition coefficient (Wildman–Crippen LogP) is 4.07. The Balaban J connectivity index is 0.720. The fraction of sp³-hybridized carbons (Fsp3) is 0.512. The molecule has 14 nitrogen and oxygen atoms in total. The first-order valence-corrected chi connectivity index (χ1v) is 21.0. The van der Waals surface area contributed by atoms with Gasteiger partial charge in [0.1, 0.15) is 17.9 Å². The lowest BCUT2D eigenvalue weighted by molar-refractivity contribution is -0.136. The number of nitriles is 1. The number of rotatable bonds is 7. The molecule has 58 heavy (non-hydrogen) atoms. The Kier molecular flexibility index (Phi) is 10.3. The van der Waals surface area contributed by atoms with E-state index in [4.69, 9.17) is 21.6 Å². The number of carbonyl (C=O) groups is 4. The van der Waals surface area contributed by atoms with E-state index >= 15 is 0 Å². The third-order valence-electron chi connectivity index (χ3n) is 13.6. The molecule has 5 fully saturated rings. The molecule has 1 N–H and O–H groups in total. The van der Waals surface area contributed by atoms with Crippen molar-refractivity contribution in [1.29, 1.82) is 5.26 Å². The van der Waals surface area contributed by atoms with E-state index in [1.165, 1.54) is 0 Å². The Morgan fingerprint density at radius 3 is 2.28 bits per heavy atom. The van der Waals surface area contributed by atoms with Gasteiger partial charge in [0, 0.05) is 95.3 Å². The van der Waals surface area contributed by atoms with Gasteiger partial charge in [0.25, 0.3) is 11.8 Å². The zero-order chi connectivity index (χ0) is 40.1. The first-order valence-electron chi connectivity index (χ1n) is 20.7. The maximum Gasteiger partial charge on any atom is 0.262 e. The standard InChI is InChI=1S/C43H49ClN10O4/c1-28-22-43(27-53(28)33-3-2-29(23-45)36(44)21-33)10-14-52(15-11-43)38-25-46-30(24-47-38)26-49-16-18-51(19-17-49)31-8-12-50(13-9-31)32-4-5-34-35(20-32)42(58)54(41(34)57)37-6-7-39(55)48-40(37)56/h2-5,20-21,24-25,28,31,37H,6-19,22,26-27H2,1H3,(H,48,55,56)/t28-,37?/m0/s1. The Morgan fingerprint density at radius 2 is 1.59 bits per heavy atom. The van der Waals surface area contributed by atoms with Crippen molar-refractivity contribution in [3.8, 4) is 6.07 Å². The smallest absolute Gasteiger partial charge is 0.262 e. The van der Waals surface area contributed by atoms with Crippen LogP contribution < -0.4 is 20.0 Å². The summed E-state index contributed by atoms with van der Waals surface area (Å²) in [5, 5.41) is 12.1. The zero-order valence-electron chi connectivity index (χ0n) is 32.9. The summed E-state index contributed by atoms with van der Waals surface area (Å²) >= 11 is 6.38. The highest BCUT2D eigenvalue weighted by Gasteiger charge is 2.46. The molecule has 2 aromatic carbocycles. The van der Waals surface area contributed by atoms with Crippen LogP contribution in [0.5, 0.6) is 0 Å². The zero-order valence-corrected chi connectivity index (χ0v) is 33.7. The number of benzene rings is 2. The van der Waals surface area contributed by atoms with E-state index < -0.39 is 23.8 Å². The van der Waals surface area contributed by atoms with Crippen LogP contribution >= 0.6 is 11.6 Å². The van der Waals surface area contributed by atoms with Crippen molar-refractivity contribution in [2.24, 2.45) is 5.41 Å². The van der Waals surface area contributed by atoms with Gasteiger partial charge in [0.05, 0.1) is 39.8 Å². The molecule has 9 rings (SSSR count). The maximum atomic E-state index is 13.4. The van der Waals surface area contributed by atoms with Gasteiger partial charge in [-0.2, -0.15) is 5.26 Å². The van der Waals surface area contributed by atoms with E-state index in [0.717, 1.165) is 125 Å². The predicted molar refractivity (Wildman–Crippen MR) is 219 cm³/mol. The summed E-state index contributed by atoms with van der Waals surface area (Å²) in [5.41, 5.74) is 4.41. The lowest BCUT2D eigenvalue weighted by atomic mass is 9.77. The van der Waals surface area contributed by atoms with Crippen molar-refractivity contribution in [1.82, 2.24) is 30.0 Å². The fourth-order valence-corrected chi connectivity index (χ4v) is 10.5. The molecule has 7 heterocycles. The van der Waals surface area contributed by atoms with Gasteiger partial charge in [-0.25, -0.2) is 4.98 Å². The van der Waals surface area contributed by atoms with E-state index in [2.05, 4.69) is 42.8 Å². The number of piperazine rings is 1. The highest BCUT2D eigenvalue weighted by molar-refractivity contribution is 6.32. The number of hydrogen-bond acceptors (Lipinski definition) is 12. The third kappa shape index (κ3) is 7.28. The van der Waals surface area contributed by atoms with E-state index in [0.29, 0.717) is 33.8 Å².